The van der Waals surface area contributed by atoms with E-state index in [1.165, 1.54) is 6.92 Å². The smallest absolute Gasteiger partial charge is 0.303 e. The highest BCUT2D eigenvalue weighted by molar-refractivity contribution is 5.66. The molecule has 0 radical (unpaired) electrons. The Kier molecular flexibility index (Phi) is 9.68. The van der Waals surface area contributed by atoms with Crippen molar-refractivity contribution >= 4 is 5.97 Å². The van der Waals surface area contributed by atoms with Gasteiger partial charge in [0, 0.05) is 6.42 Å². The van der Waals surface area contributed by atoms with Crippen LogP contribution in [0.1, 0.15) is 64.7 Å². The molecular formula is C13H22F2O2. The van der Waals surface area contributed by atoms with Gasteiger partial charge in [-0.25, -0.2) is 0 Å². The quantitative estimate of drug-likeness (QED) is 0.566. The van der Waals surface area contributed by atoms with Gasteiger partial charge >= 0.3 is 5.97 Å². The Labute approximate surface area is 102 Å². The third kappa shape index (κ3) is 11.3. The first kappa shape index (κ1) is 16.1. The van der Waals surface area contributed by atoms with Gasteiger partial charge in [0.25, 0.3) is 6.08 Å². The molecule has 0 spiro atoms. The number of aliphatic carboxylic acids is 1. The van der Waals surface area contributed by atoms with Gasteiger partial charge in [0.1, 0.15) is 0 Å². The van der Waals surface area contributed by atoms with Gasteiger partial charge in [-0.1, -0.05) is 32.1 Å². The lowest BCUT2D eigenvalue weighted by atomic mass is 10.1. The van der Waals surface area contributed by atoms with E-state index in [2.05, 4.69) is 0 Å². The highest BCUT2D eigenvalue weighted by Crippen LogP contribution is 2.16. The second kappa shape index (κ2) is 10.2. The molecule has 0 aliphatic carbocycles. The minimum atomic E-state index is -1.54. The Morgan fingerprint density at radius 2 is 1.29 bits per heavy atom. The lowest BCUT2D eigenvalue weighted by molar-refractivity contribution is -0.137. The lowest BCUT2D eigenvalue weighted by Crippen LogP contribution is -1.93. The summed E-state index contributed by atoms with van der Waals surface area (Å²) in [5.74, 6) is -0.736. The Balaban J connectivity index is 3.19. The topological polar surface area (TPSA) is 37.3 Å². The van der Waals surface area contributed by atoms with Crippen molar-refractivity contribution in [2.24, 2.45) is 0 Å². The zero-order valence-corrected chi connectivity index (χ0v) is 10.5. The lowest BCUT2D eigenvalue weighted by Gasteiger charge is -2.02. The van der Waals surface area contributed by atoms with Crippen LogP contribution < -0.4 is 0 Å². The van der Waals surface area contributed by atoms with Crippen molar-refractivity contribution in [1.82, 2.24) is 0 Å². The van der Waals surface area contributed by atoms with Crippen molar-refractivity contribution in [2.45, 2.75) is 64.7 Å². The van der Waals surface area contributed by atoms with Gasteiger partial charge in [-0.15, -0.1) is 0 Å². The predicted molar refractivity (Wildman–Crippen MR) is 64.1 cm³/mol. The number of unbranched alkanes of at least 4 members (excludes halogenated alkanes) is 6. The molecule has 1 N–H and O–H groups in total. The summed E-state index contributed by atoms with van der Waals surface area (Å²) in [7, 11) is 0. The molecular weight excluding hydrogens is 226 g/mol. The van der Waals surface area contributed by atoms with Crippen molar-refractivity contribution < 1.29 is 18.7 Å². The van der Waals surface area contributed by atoms with Crippen molar-refractivity contribution in [1.29, 1.82) is 0 Å². The van der Waals surface area contributed by atoms with Gasteiger partial charge in [-0.2, -0.15) is 8.78 Å². The van der Waals surface area contributed by atoms with E-state index in [-0.39, 0.29) is 12.0 Å². The minimum absolute atomic E-state index is 0.200. The molecule has 0 saturated heterocycles. The zero-order chi connectivity index (χ0) is 13.1. The molecule has 0 aromatic heterocycles. The minimum Gasteiger partial charge on any atom is -0.481 e. The second-order valence-corrected chi connectivity index (χ2v) is 4.41. The predicted octanol–water partition coefficient (Wildman–Crippen LogP) is 4.75. The van der Waals surface area contributed by atoms with E-state index in [4.69, 9.17) is 5.11 Å². The number of carboxylic acid groups (broad SMARTS) is 1. The van der Waals surface area contributed by atoms with Crippen LogP contribution in [0.2, 0.25) is 0 Å². The molecule has 0 bridgehead atoms. The van der Waals surface area contributed by atoms with E-state index in [0.29, 0.717) is 6.42 Å². The van der Waals surface area contributed by atoms with Crippen molar-refractivity contribution in [2.75, 3.05) is 0 Å². The van der Waals surface area contributed by atoms with Gasteiger partial charge in [-0.05, 0) is 31.8 Å². The van der Waals surface area contributed by atoms with Crippen LogP contribution in [-0.4, -0.2) is 11.1 Å². The molecule has 0 atom stereocenters. The second-order valence-electron chi connectivity index (χ2n) is 4.41. The van der Waals surface area contributed by atoms with Gasteiger partial charge < -0.3 is 5.11 Å². The van der Waals surface area contributed by atoms with Crippen LogP contribution in [0.25, 0.3) is 0 Å². The first-order valence-electron chi connectivity index (χ1n) is 6.26. The molecule has 0 saturated carbocycles. The number of halogens is 2. The molecule has 0 aromatic rings. The molecule has 0 aliphatic rings. The van der Waals surface area contributed by atoms with Crippen LogP contribution in [0.3, 0.4) is 0 Å². The first-order chi connectivity index (χ1) is 8.04. The number of allylic oxidation sites excluding steroid dienone is 1. The normalized spacial score (nSPS) is 10.3. The maximum absolute atomic E-state index is 12.0. The summed E-state index contributed by atoms with van der Waals surface area (Å²) in [6.07, 6.45) is 5.84. The molecule has 0 unspecified atom stereocenters. The number of hydrogen-bond donors (Lipinski definition) is 1. The number of hydrogen-bond acceptors (Lipinski definition) is 1. The van der Waals surface area contributed by atoms with E-state index in [9.17, 15) is 13.6 Å². The fourth-order valence-corrected chi connectivity index (χ4v) is 1.64. The maximum Gasteiger partial charge on any atom is 0.303 e. The highest BCUT2D eigenvalue weighted by Gasteiger charge is 2.00. The maximum atomic E-state index is 12.0. The summed E-state index contributed by atoms with van der Waals surface area (Å²) in [4.78, 5) is 10.2. The molecule has 0 aliphatic heterocycles. The molecule has 2 nitrogen and oxygen atoms in total. The molecule has 100 valence electrons. The summed E-state index contributed by atoms with van der Waals surface area (Å²) in [5.41, 5.74) is 0.200. The van der Waals surface area contributed by atoms with Crippen molar-refractivity contribution in [3.8, 4) is 0 Å². The van der Waals surface area contributed by atoms with Gasteiger partial charge in [0.05, 0.1) is 0 Å². The van der Waals surface area contributed by atoms with Crippen LogP contribution in [0, 0.1) is 0 Å². The van der Waals surface area contributed by atoms with Crippen LogP contribution >= 0.6 is 0 Å². The van der Waals surface area contributed by atoms with Crippen LogP contribution in [0.4, 0.5) is 8.78 Å². The standard InChI is InChI=1S/C13H22F2O2/c1-11(13(14)15)9-7-5-3-2-4-6-8-10-12(16)17/h2-10H2,1H3,(H,16,17). The van der Waals surface area contributed by atoms with Crippen LogP contribution in [0.15, 0.2) is 11.7 Å². The summed E-state index contributed by atoms with van der Waals surface area (Å²) in [6, 6.07) is 0. The van der Waals surface area contributed by atoms with E-state index < -0.39 is 12.0 Å². The van der Waals surface area contributed by atoms with E-state index in [1.807, 2.05) is 0 Å². The van der Waals surface area contributed by atoms with E-state index in [0.717, 1.165) is 44.9 Å². The van der Waals surface area contributed by atoms with Gasteiger partial charge in [-0.3, -0.25) is 4.79 Å². The molecule has 0 aromatic carbocycles. The summed E-state index contributed by atoms with van der Waals surface area (Å²) < 4.78 is 24.1. The summed E-state index contributed by atoms with van der Waals surface area (Å²) in [5, 5.41) is 8.42. The van der Waals surface area contributed by atoms with Crippen LogP contribution in [-0.2, 0) is 4.79 Å². The molecule has 0 fully saturated rings. The number of rotatable bonds is 10. The average molecular weight is 248 g/mol. The van der Waals surface area contributed by atoms with Crippen molar-refractivity contribution in [3.63, 3.8) is 0 Å². The number of carbonyl (C=O) groups is 1. The Morgan fingerprint density at radius 3 is 1.71 bits per heavy atom. The molecule has 0 amide bonds. The van der Waals surface area contributed by atoms with Gasteiger partial charge in [0.15, 0.2) is 0 Å². The summed E-state index contributed by atoms with van der Waals surface area (Å²) in [6.45, 7) is 1.47. The highest BCUT2D eigenvalue weighted by atomic mass is 19.3. The largest absolute Gasteiger partial charge is 0.481 e. The zero-order valence-electron chi connectivity index (χ0n) is 10.5. The average Bonchev–Trinajstić information content (AvgIpc) is 2.25. The van der Waals surface area contributed by atoms with Crippen LogP contribution in [0.5, 0.6) is 0 Å². The summed E-state index contributed by atoms with van der Waals surface area (Å²) >= 11 is 0. The molecule has 4 heteroatoms. The van der Waals surface area contributed by atoms with E-state index >= 15 is 0 Å². The molecule has 0 heterocycles. The van der Waals surface area contributed by atoms with Crippen molar-refractivity contribution in [3.05, 3.63) is 11.7 Å². The molecule has 0 rings (SSSR count). The Hall–Kier alpha value is -0.930. The monoisotopic (exact) mass is 248 g/mol. The van der Waals surface area contributed by atoms with E-state index in [1.54, 1.807) is 0 Å². The van der Waals surface area contributed by atoms with Gasteiger partial charge in [0.2, 0.25) is 0 Å². The fraction of sp³-hybridized carbons (Fsp3) is 0.769. The SMILES string of the molecule is CC(CCCCCCCCCC(=O)O)=C(F)F. The Bertz CT molecular complexity index is 246. The Morgan fingerprint density at radius 1 is 0.882 bits per heavy atom. The number of carboxylic acids is 1. The first-order valence-corrected chi connectivity index (χ1v) is 6.26. The molecule has 17 heavy (non-hydrogen) atoms. The third-order valence-electron chi connectivity index (χ3n) is 2.77. The third-order valence-corrected chi connectivity index (χ3v) is 2.77. The fourth-order valence-electron chi connectivity index (χ4n) is 1.64.